The maximum absolute atomic E-state index is 5.99. The Morgan fingerprint density at radius 1 is 1.14 bits per heavy atom. The lowest BCUT2D eigenvalue weighted by Gasteiger charge is -2.15. The molecule has 0 amide bonds. The third-order valence-corrected chi connectivity index (χ3v) is 2.74. The van der Waals surface area contributed by atoms with Gasteiger partial charge in [0.15, 0.2) is 0 Å². The highest BCUT2D eigenvalue weighted by molar-refractivity contribution is 5.21. The van der Waals surface area contributed by atoms with Crippen LogP contribution in [-0.2, 0) is 6.42 Å². The monoisotopic (exact) mass is 191 g/mol. The van der Waals surface area contributed by atoms with Gasteiger partial charge in [-0.05, 0) is 31.2 Å². The largest absolute Gasteiger partial charge is 0.327 e. The lowest BCUT2D eigenvalue weighted by atomic mass is 9.97. The van der Waals surface area contributed by atoms with Crippen LogP contribution in [0.4, 0.5) is 0 Å². The van der Waals surface area contributed by atoms with Crippen molar-refractivity contribution in [3.63, 3.8) is 0 Å². The van der Waals surface area contributed by atoms with Gasteiger partial charge in [0.2, 0.25) is 0 Å². The van der Waals surface area contributed by atoms with Crippen LogP contribution in [0.3, 0.4) is 0 Å². The van der Waals surface area contributed by atoms with Gasteiger partial charge in [0, 0.05) is 6.04 Å². The lowest BCUT2D eigenvalue weighted by molar-refractivity contribution is 0.464. The van der Waals surface area contributed by atoms with Crippen LogP contribution in [0.25, 0.3) is 0 Å². The Bertz CT molecular complexity index is 261. The molecule has 14 heavy (non-hydrogen) atoms. The molecule has 0 aliphatic rings. The molecule has 1 nitrogen and oxygen atoms in total. The van der Waals surface area contributed by atoms with E-state index in [1.54, 1.807) is 0 Å². The first-order valence-electron chi connectivity index (χ1n) is 5.40. The molecule has 0 radical (unpaired) electrons. The highest BCUT2D eigenvalue weighted by atomic mass is 14.6. The van der Waals surface area contributed by atoms with Crippen LogP contribution in [0.5, 0.6) is 0 Å². The minimum absolute atomic E-state index is 0.330. The number of benzene rings is 1. The van der Waals surface area contributed by atoms with Crippen molar-refractivity contribution in [1.29, 1.82) is 0 Å². The fraction of sp³-hybridized carbons (Fsp3) is 0.538. The SMILES string of the molecule is Cc1ccc(CCC(N)C(C)C)cc1. The molecular weight excluding hydrogens is 170 g/mol. The van der Waals surface area contributed by atoms with E-state index >= 15 is 0 Å². The predicted octanol–water partition coefficient (Wildman–Crippen LogP) is 2.91. The zero-order valence-electron chi connectivity index (χ0n) is 9.46. The Balaban J connectivity index is 2.42. The van der Waals surface area contributed by atoms with Crippen LogP contribution in [0.1, 0.15) is 31.4 Å². The van der Waals surface area contributed by atoms with E-state index < -0.39 is 0 Å². The van der Waals surface area contributed by atoms with Crippen molar-refractivity contribution >= 4 is 0 Å². The summed E-state index contributed by atoms with van der Waals surface area (Å²) in [7, 11) is 0. The average molecular weight is 191 g/mol. The molecule has 0 saturated heterocycles. The average Bonchev–Trinajstić information content (AvgIpc) is 2.16. The molecule has 0 saturated carbocycles. The fourth-order valence-electron chi connectivity index (χ4n) is 1.42. The summed E-state index contributed by atoms with van der Waals surface area (Å²) in [4.78, 5) is 0. The van der Waals surface area contributed by atoms with Crippen LogP contribution in [-0.4, -0.2) is 6.04 Å². The summed E-state index contributed by atoms with van der Waals surface area (Å²) in [5.74, 6) is 0.584. The van der Waals surface area contributed by atoms with Gasteiger partial charge >= 0.3 is 0 Å². The van der Waals surface area contributed by atoms with Gasteiger partial charge in [0.1, 0.15) is 0 Å². The van der Waals surface area contributed by atoms with E-state index in [4.69, 9.17) is 5.73 Å². The molecule has 1 aromatic carbocycles. The van der Waals surface area contributed by atoms with Crippen molar-refractivity contribution in [2.24, 2.45) is 11.7 Å². The number of rotatable bonds is 4. The zero-order valence-corrected chi connectivity index (χ0v) is 9.46. The molecule has 0 bridgehead atoms. The molecule has 1 rings (SSSR count). The van der Waals surface area contributed by atoms with Crippen LogP contribution < -0.4 is 5.73 Å². The standard InChI is InChI=1S/C13H21N/c1-10(2)13(14)9-8-12-6-4-11(3)5-7-12/h4-7,10,13H,8-9,14H2,1-3H3. The molecule has 2 N–H and O–H groups in total. The predicted molar refractivity (Wildman–Crippen MR) is 62.3 cm³/mol. The summed E-state index contributed by atoms with van der Waals surface area (Å²) in [6.45, 7) is 6.48. The van der Waals surface area contributed by atoms with Crippen LogP contribution in [0.15, 0.2) is 24.3 Å². The summed E-state index contributed by atoms with van der Waals surface area (Å²) in [5, 5.41) is 0. The van der Waals surface area contributed by atoms with E-state index in [1.807, 2.05) is 0 Å². The molecule has 0 aliphatic heterocycles. The first-order chi connectivity index (χ1) is 6.59. The smallest absolute Gasteiger partial charge is 0.00650 e. The highest BCUT2D eigenvalue weighted by Crippen LogP contribution is 2.10. The number of nitrogens with two attached hydrogens (primary N) is 1. The first-order valence-corrected chi connectivity index (χ1v) is 5.40. The minimum atomic E-state index is 0.330. The number of hydrogen-bond donors (Lipinski definition) is 1. The summed E-state index contributed by atoms with van der Waals surface area (Å²) >= 11 is 0. The molecule has 0 heterocycles. The van der Waals surface area contributed by atoms with Gasteiger partial charge in [-0.3, -0.25) is 0 Å². The Hall–Kier alpha value is -0.820. The van der Waals surface area contributed by atoms with E-state index in [-0.39, 0.29) is 0 Å². The quantitative estimate of drug-likeness (QED) is 0.778. The van der Waals surface area contributed by atoms with E-state index in [9.17, 15) is 0 Å². The highest BCUT2D eigenvalue weighted by Gasteiger charge is 2.06. The van der Waals surface area contributed by atoms with E-state index in [2.05, 4.69) is 45.0 Å². The fourth-order valence-corrected chi connectivity index (χ4v) is 1.42. The van der Waals surface area contributed by atoms with Crippen LogP contribution >= 0.6 is 0 Å². The maximum atomic E-state index is 5.99. The van der Waals surface area contributed by atoms with Gasteiger partial charge in [0.25, 0.3) is 0 Å². The second kappa shape index (κ2) is 5.16. The van der Waals surface area contributed by atoms with E-state index in [0.29, 0.717) is 12.0 Å². The Morgan fingerprint density at radius 3 is 2.21 bits per heavy atom. The molecule has 1 unspecified atom stereocenters. The minimum Gasteiger partial charge on any atom is -0.327 e. The first kappa shape index (κ1) is 11.3. The van der Waals surface area contributed by atoms with Gasteiger partial charge < -0.3 is 5.73 Å². The topological polar surface area (TPSA) is 26.0 Å². The Morgan fingerprint density at radius 2 is 1.71 bits per heavy atom. The number of aryl methyl sites for hydroxylation is 2. The molecule has 1 aromatic rings. The zero-order chi connectivity index (χ0) is 10.6. The second-order valence-corrected chi connectivity index (χ2v) is 4.43. The van der Waals surface area contributed by atoms with Crippen molar-refractivity contribution < 1.29 is 0 Å². The van der Waals surface area contributed by atoms with Gasteiger partial charge in [-0.15, -0.1) is 0 Å². The van der Waals surface area contributed by atoms with E-state index in [0.717, 1.165) is 12.8 Å². The third kappa shape index (κ3) is 3.51. The van der Waals surface area contributed by atoms with Crippen molar-refractivity contribution in [1.82, 2.24) is 0 Å². The van der Waals surface area contributed by atoms with Crippen LogP contribution in [0, 0.1) is 12.8 Å². The van der Waals surface area contributed by atoms with Gasteiger partial charge in [0.05, 0.1) is 0 Å². The molecule has 1 heteroatoms. The molecule has 0 aliphatic carbocycles. The summed E-state index contributed by atoms with van der Waals surface area (Å²) in [6, 6.07) is 9.05. The second-order valence-electron chi connectivity index (χ2n) is 4.43. The van der Waals surface area contributed by atoms with Crippen molar-refractivity contribution in [2.45, 2.75) is 39.7 Å². The molecular formula is C13H21N. The molecule has 0 aromatic heterocycles. The number of hydrogen-bond acceptors (Lipinski definition) is 1. The van der Waals surface area contributed by atoms with Crippen molar-refractivity contribution in [2.75, 3.05) is 0 Å². The molecule has 78 valence electrons. The van der Waals surface area contributed by atoms with Gasteiger partial charge in [-0.2, -0.15) is 0 Å². The van der Waals surface area contributed by atoms with Crippen LogP contribution in [0.2, 0.25) is 0 Å². The van der Waals surface area contributed by atoms with Gasteiger partial charge in [-0.1, -0.05) is 43.7 Å². The summed E-state index contributed by atoms with van der Waals surface area (Å²) in [6.07, 6.45) is 2.18. The summed E-state index contributed by atoms with van der Waals surface area (Å²) in [5.41, 5.74) is 8.71. The third-order valence-electron chi connectivity index (χ3n) is 2.74. The lowest BCUT2D eigenvalue weighted by Crippen LogP contribution is -2.26. The molecule has 0 spiro atoms. The summed E-state index contributed by atoms with van der Waals surface area (Å²) < 4.78 is 0. The Kier molecular flexibility index (Phi) is 4.15. The maximum Gasteiger partial charge on any atom is 0.00650 e. The normalized spacial score (nSPS) is 13.2. The molecule has 0 fully saturated rings. The molecule has 1 atom stereocenters. The van der Waals surface area contributed by atoms with Crippen molar-refractivity contribution in [3.05, 3.63) is 35.4 Å². The Labute approximate surface area is 87.3 Å². The van der Waals surface area contributed by atoms with Crippen molar-refractivity contribution in [3.8, 4) is 0 Å². The van der Waals surface area contributed by atoms with Gasteiger partial charge in [-0.25, -0.2) is 0 Å². The van der Waals surface area contributed by atoms with E-state index in [1.165, 1.54) is 11.1 Å².